The van der Waals surface area contributed by atoms with Crippen molar-refractivity contribution in [2.75, 3.05) is 6.61 Å². The molecule has 0 aromatic heterocycles. The number of amides is 2. The van der Waals surface area contributed by atoms with Gasteiger partial charge in [0.15, 0.2) is 12.4 Å². The lowest BCUT2D eigenvalue weighted by Gasteiger charge is -2.27. The molecule has 3 rings (SSSR count). The standard InChI is InChI=1S/C21H14Cl5NO5/c1-8(2)18(21(31)32-7-11(28)9-3-5-10(22)6-4-9)27-19(29)12-13(20(27)30)15(24)17(26)16(25)14(12)23/h3-6,8,18H,7H2,1-2H3. The number of imide groups is 1. The van der Waals surface area contributed by atoms with E-state index in [-0.39, 0.29) is 36.8 Å². The summed E-state index contributed by atoms with van der Waals surface area (Å²) >= 11 is 30.1. The first kappa shape index (κ1) is 24.8. The van der Waals surface area contributed by atoms with E-state index in [0.717, 1.165) is 0 Å². The Kier molecular flexibility index (Phi) is 7.42. The molecule has 32 heavy (non-hydrogen) atoms. The highest BCUT2D eigenvalue weighted by molar-refractivity contribution is 6.55. The number of carbonyl (C=O) groups is 4. The van der Waals surface area contributed by atoms with Gasteiger partial charge in [-0.3, -0.25) is 19.3 Å². The van der Waals surface area contributed by atoms with E-state index in [1.165, 1.54) is 24.3 Å². The maximum Gasteiger partial charge on any atom is 0.330 e. The minimum Gasteiger partial charge on any atom is -0.456 e. The minimum atomic E-state index is -1.34. The van der Waals surface area contributed by atoms with Gasteiger partial charge in [-0.1, -0.05) is 71.9 Å². The summed E-state index contributed by atoms with van der Waals surface area (Å²) in [7, 11) is 0. The monoisotopic (exact) mass is 535 g/mol. The molecule has 0 bridgehead atoms. The van der Waals surface area contributed by atoms with Gasteiger partial charge in [-0.15, -0.1) is 0 Å². The Balaban J connectivity index is 1.87. The largest absolute Gasteiger partial charge is 0.456 e. The van der Waals surface area contributed by atoms with Crippen molar-refractivity contribution in [2.24, 2.45) is 5.92 Å². The molecule has 0 fully saturated rings. The summed E-state index contributed by atoms with van der Waals surface area (Å²) in [6, 6.07) is 4.68. The van der Waals surface area contributed by atoms with Crippen LogP contribution in [0.2, 0.25) is 25.1 Å². The Morgan fingerprint density at radius 1 is 0.844 bits per heavy atom. The molecule has 2 aromatic rings. The van der Waals surface area contributed by atoms with Crippen LogP contribution >= 0.6 is 58.0 Å². The Labute approximate surface area is 208 Å². The number of rotatable bonds is 6. The number of carbonyl (C=O) groups excluding carboxylic acids is 4. The second kappa shape index (κ2) is 9.57. The van der Waals surface area contributed by atoms with Crippen LogP contribution in [-0.4, -0.2) is 41.1 Å². The molecule has 0 saturated heterocycles. The van der Waals surface area contributed by atoms with E-state index in [9.17, 15) is 19.2 Å². The first-order valence-corrected chi connectivity index (χ1v) is 11.1. The van der Waals surface area contributed by atoms with Crippen molar-refractivity contribution in [3.63, 3.8) is 0 Å². The number of halogens is 5. The maximum atomic E-state index is 13.1. The van der Waals surface area contributed by atoms with Crippen molar-refractivity contribution in [1.82, 2.24) is 4.90 Å². The number of esters is 1. The van der Waals surface area contributed by atoms with Crippen LogP contribution in [0.1, 0.15) is 44.9 Å². The third-order valence-electron chi connectivity index (χ3n) is 4.80. The molecule has 11 heteroatoms. The summed E-state index contributed by atoms with van der Waals surface area (Å²) in [5.74, 6) is -3.71. The molecule has 2 amide bonds. The summed E-state index contributed by atoms with van der Waals surface area (Å²) in [6.45, 7) is 2.63. The molecule has 168 valence electrons. The second-order valence-corrected chi connectivity index (χ2v) is 9.16. The lowest BCUT2D eigenvalue weighted by molar-refractivity contribution is -0.148. The molecule has 1 aliphatic heterocycles. The Bertz CT molecular complexity index is 1100. The van der Waals surface area contributed by atoms with E-state index in [1.807, 2.05) is 0 Å². The van der Waals surface area contributed by atoms with Gasteiger partial charge in [0.1, 0.15) is 6.04 Å². The maximum absolute atomic E-state index is 13.1. The molecular formula is C21H14Cl5NO5. The van der Waals surface area contributed by atoms with Crippen molar-refractivity contribution in [3.8, 4) is 0 Å². The number of hydrogen-bond acceptors (Lipinski definition) is 5. The highest BCUT2D eigenvalue weighted by Crippen LogP contribution is 2.45. The third-order valence-corrected chi connectivity index (χ3v) is 6.85. The van der Waals surface area contributed by atoms with Gasteiger partial charge in [0, 0.05) is 10.6 Å². The fourth-order valence-corrected chi connectivity index (χ4v) is 4.38. The molecule has 2 aromatic carbocycles. The van der Waals surface area contributed by atoms with Gasteiger partial charge < -0.3 is 4.74 Å². The molecule has 1 aliphatic rings. The van der Waals surface area contributed by atoms with Crippen molar-refractivity contribution in [3.05, 3.63) is 66.1 Å². The molecule has 6 nitrogen and oxygen atoms in total. The predicted octanol–water partition coefficient (Wildman–Crippen LogP) is 6.00. The van der Waals surface area contributed by atoms with Gasteiger partial charge in [0.25, 0.3) is 11.8 Å². The normalized spacial score (nSPS) is 14.1. The summed E-state index contributed by atoms with van der Waals surface area (Å²) in [6.07, 6.45) is 0. The fourth-order valence-electron chi connectivity index (χ4n) is 3.24. The van der Waals surface area contributed by atoms with Crippen LogP contribution in [0.15, 0.2) is 24.3 Å². The third kappa shape index (κ3) is 4.35. The quantitative estimate of drug-likeness (QED) is 0.148. The molecule has 1 heterocycles. The average Bonchev–Trinajstić information content (AvgIpc) is 3.00. The molecular weight excluding hydrogens is 523 g/mol. The molecule has 1 unspecified atom stereocenters. The van der Waals surface area contributed by atoms with Crippen molar-refractivity contribution in [1.29, 1.82) is 0 Å². The molecule has 0 aliphatic carbocycles. The topological polar surface area (TPSA) is 80.8 Å². The zero-order valence-corrected chi connectivity index (χ0v) is 20.3. The summed E-state index contributed by atoms with van der Waals surface area (Å²) in [5, 5.41) is -0.410. The number of fused-ring (bicyclic) bond motifs is 1. The highest BCUT2D eigenvalue weighted by atomic mass is 35.5. The first-order valence-electron chi connectivity index (χ1n) is 9.16. The van der Waals surface area contributed by atoms with E-state index in [0.29, 0.717) is 9.92 Å². The number of ether oxygens (including phenoxy) is 1. The average molecular weight is 538 g/mol. The van der Waals surface area contributed by atoms with Gasteiger partial charge >= 0.3 is 5.97 Å². The van der Waals surface area contributed by atoms with Crippen LogP contribution in [0.3, 0.4) is 0 Å². The number of benzene rings is 2. The number of nitrogens with zero attached hydrogens (tertiary/aromatic N) is 1. The van der Waals surface area contributed by atoms with Crippen molar-refractivity contribution >= 4 is 81.6 Å². The van der Waals surface area contributed by atoms with Crippen LogP contribution in [0.4, 0.5) is 0 Å². The van der Waals surface area contributed by atoms with E-state index in [1.54, 1.807) is 13.8 Å². The zero-order valence-electron chi connectivity index (χ0n) is 16.5. The van der Waals surface area contributed by atoms with Crippen LogP contribution in [0.5, 0.6) is 0 Å². The lowest BCUT2D eigenvalue weighted by atomic mass is 10.0. The number of ketones is 1. The summed E-state index contributed by atoms with van der Waals surface area (Å²) < 4.78 is 5.14. The highest BCUT2D eigenvalue weighted by Gasteiger charge is 2.48. The van der Waals surface area contributed by atoms with Crippen molar-refractivity contribution < 1.29 is 23.9 Å². The predicted molar refractivity (Wildman–Crippen MR) is 122 cm³/mol. The SMILES string of the molecule is CC(C)C(C(=O)OCC(=O)c1ccc(Cl)cc1)N1C(=O)c2c(Cl)c(Cl)c(Cl)c(Cl)c2C1=O. The molecule has 0 N–H and O–H groups in total. The summed E-state index contributed by atoms with van der Waals surface area (Å²) in [5.41, 5.74) is -0.203. The van der Waals surface area contributed by atoms with Crippen LogP contribution in [0, 0.1) is 5.92 Å². The first-order chi connectivity index (χ1) is 15.0. The number of hydrogen-bond donors (Lipinski definition) is 0. The van der Waals surface area contributed by atoms with Gasteiger partial charge in [-0.05, 0) is 30.2 Å². The lowest BCUT2D eigenvalue weighted by Crippen LogP contribution is -2.49. The van der Waals surface area contributed by atoms with Crippen LogP contribution in [-0.2, 0) is 9.53 Å². The Morgan fingerprint density at radius 3 is 1.75 bits per heavy atom. The van der Waals surface area contributed by atoms with E-state index in [2.05, 4.69) is 0 Å². The van der Waals surface area contributed by atoms with Gasteiger partial charge in [0.05, 0.1) is 31.2 Å². The van der Waals surface area contributed by atoms with Crippen molar-refractivity contribution in [2.45, 2.75) is 19.9 Å². The van der Waals surface area contributed by atoms with Gasteiger partial charge in [-0.2, -0.15) is 0 Å². The fraction of sp³-hybridized carbons (Fsp3) is 0.238. The molecule has 0 saturated carbocycles. The molecule has 0 radical (unpaired) electrons. The molecule has 1 atom stereocenters. The van der Waals surface area contributed by atoms with Gasteiger partial charge in [0.2, 0.25) is 0 Å². The summed E-state index contributed by atoms with van der Waals surface area (Å²) in [4.78, 5) is 52.0. The van der Waals surface area contributed by atoms with E-state index >= 15 is 0 Å². The van der Waals surface area contributed by atoms with Gasteiger partial charge in [-0.25, -0.2) is 4.79 Å². The zero-order chi connectivity index (χ0) is 23.9. The number of Topliss-reactive ketones (excluding diaryl/α,β-unsaturated/α-hetero) is 1. The smallest absolute Gasteiger partial charge is 0.330 e. The Morgan fingerprint density at radius 2 is 1.31 bits per heavy atom. The second-order valence-electron chi connectivity index (χ2n) is 7.21. The Hall–Kier alpha value is -1.83. The molecule has 0 spiro atoms. The minimum absolute atomic E-state index is 0.183. The van der Waals surface area contributed by atoms with E-state index in [4.69, 9.17) is 62.7 Å². The van der Waals surface area contributed by atoms with Crippen LogP contribution < -0.4 is 0 Å². The van der Waals surface area contributed by atoms with Crippen LogP contribution in [0.25, 0.3) is 0 Å². The van der Waals surface area contributed by atoms with E-state index < -0.39 is 42.1 Å².